The average Bonchev–Trinajstić information content (AvgIpc) is 2.00. The normalized spacial score (nSPS) is 18.3. The van der Waals surface area contributed by atoms with Crippen molar-refractivity contribution in [1.29, 1.82) is 0 Å². The van der Waals surface area contributed by atoms with Crippen molar-refractivity contribution in [3.63, 3.8) is 0 Å². The number of carboxylic acid groups (broad SMARTS) is 1. The van der Waals surface area contributed by atoms with Crippen LogP contribution in [-0.2, 0) is 9.53 Å². The maximum absolute atomic E-state index is 10.3. The zero-order valence-electron chi connectivity index (χ0n) is 7.70. The quantitative estimate of drug-likeness (QED) is 0.645. The van der Waals surface area contributed by atoms with Gasteiger partial charge in [-0.1, -0.05) is 6.92 Å². The van der Waals surface area contributed by atoms with Gasteiger partial charge in [-0.25, -0.2) is 4.79 Å². The molecule has 0 rings (SSSR count). The highest BCUT2D eigenvalue weighted by Crippen LogP contribution is 2.09. The minimum Gasteiger partial charge on any atom is -0.479 e. The highest BCUT2D eigenvalue weighted by Gasteiger charge is 2.21. The molecule has 0 aromatic carbocycles. The highest BCUT2D eigenvalue weighted by molar-refractivity contribution is 5.71. The van der Waals surface area contributed by atoms with Crippen molar-refractivity contribution < 1.29 is 19.7 Å². The third-order valence-electron chi connectivity index (χ3n) is 1.75. The molecule has 0 aromatic heterocycles. The van der Waals surface area contributed by atoms with Gasteiger partial charge in [0, 0.05) is 0 Å². The van der Waals surface area contributed by atoms with Crippen molar-refractivity contribution in [3.05, 3.63) is 0 Å². The summed E-state index contributed by atoms with van der Waals surface area (Å²) in [6.45, 7) is 4.92. The molecule has 4 heteroatoms. The van der Waals surface area contributed by atoms with E-state index < -0.39 is 17.7 Å². The molecule has 12 heavy (non-hydrogen) atoms. The Hall–Kier alpha value is -0.610. The van der Waals surface area contributed by atoms with E-state index in [2.05, 4.69) is 0 Å². The van der Waals surface area contributed by atoms with Gasteiger partial charge in [-0.15, -0.1) is 0 Å². The van der Waals surface area contributed by atoms with Gasteiger partial charge in [0.2, 0.25) is 0 Å². The van der Waals surface area contributed by atoms with Crippen LogP contribution in [0.1, 0.15) is 27.2 Å². The number of aliphatic carboxylic acids is 1. The van der Waals surface area contributed by atoms with E-state index in [4.69, 9.17) is 9.84 Å². The topological polar surface area (TPSA) is 66.8 Å². The molecule has 0 saturated carbocycles. The lowest BCUT2D eigenvalue weighted by molar-refractivity contribution is -0.153. The van der Waals surface area contributed by atoms with Crippen molar-refractivity contribution in [2.45, 2.75) is 38.9 Å². The Kier molecular flexibility index (Phi) is 4.20. The third kappa shape index (κ3) is 4.31. The van der Waals surface area contributed by atoms with E-state index in [0.29, 0.717) is 6.42 Å². The first-order valence-electron chi connectivity index (χ1n) is 3.96. The SMILES string of the molecule is CCC(C)(O)CO[C@@H](C)C(=O)O. The largest absolute Gasteiger partial charge is 0.479 e. The number of hydrogen-bond donors (Lipinski definition) is 2. The van der Waals surface area contributed by atoms with E-state index in [1.165, 1.54) is 6.92 Å². The number of carbonyl (C=O) groups is 1. The van der Waals surface area contributed by atoms with Crippen molar-refractivity contribution in [2.75, 3.05) is 6.61 Å². The van der Waals surface area contributed by atoms with Gasteiger partial charge in [-0.2, -0.15) is 0 Å². The number of aliphatic hydroxyl groups is 1. The highest BCUT2D eigenvalue weighted by atomic mass is 16.5. The lowest BCUT2D eigenvalue weighted by Gasteiger charge is -2.22. The molecule has 2 N–H and O–H groups in total. The zero-order valence-corrected chi connectivity index (χ0v) is 7.70. The van der Waals surface area contributed by atoms with Crippen LogP contribution in [0.25, 0.3) is 0 Å². The van der Waals surface area contributed by atoms with Crippen LogP contribution in [-0.4, -0.2) is 34.5 Å². The number of ether oxygens (including phenoxy) is 1. The molecule has 4 nitrogen and oxygen atoms in total. The first-order chi connectivity index (χ1) is 5.39. The molecule has 1 unspecified atom stereocenters. The Bertz CT molecular complexity index is 153. The lowest BCUT2D eigenvalue weighted by atomic mass is 10.1. The van der Waals surface area contributed by atoms with Crippen molar-refractivity contribution in [3.8, 4) is 0 Å². The molecule has 0 bridgehead atoms. The predicted octanol–water partition coefficient (Wildman–Crippen LogP) is 0.637. The molecule has 0 heterocycles. The van der Waals surface area contributed by atoms with E-state index in [-0.39, 0.29) is 6.61 Å². The van der Waals surface area contributed by atoms with Gasteiger partial charge in [0.1, 0.15) is 0 Å². The fourth-order valence-corrected chi connectivity index (χ4v) is 0.478. The third-order valence-corrected chi connectivity index (χ3v) is 1.75. The fraction of sp³-hybridized carbons (Fsp3) is 0.875. The summed E-state index contributed by atoms with van der Waals surface area (Å²) in [6.07, 6.45) is -0.317. The molecular formula is C8H16O4. The first-order valence-corrected chi connectivity index (χ1v) is 3.96. The molecule has 0 aliphatic carbocycles. The standard InChI is InChI=1S/C8H16O4/c1-4-8(3,11)5-12-6(2)7(9)10/h6,11H,4-5H2,1-3H3,(H,9,10)/t6-,8?/m0/s1. The lowest BCUT2D eigenvalue weighted by Crippen LogP contribution is -2.33. The summed E-state index contributed by atoms with van der Waals surface area (Å²) in [5.41, 5.74) is -0.927. The second kappa shape index (κ2) is 4.42. The maximum Gasteiger partial charge on any atom is 0.332 e. The second-order valence-corrected chi connectivity index (χ2v) is 3.14. The van der Waals surface area contributed by atoms with Crippen LogP contribution in [0.4, 0.5) is 0 Å². The summed E-state index contributed by atoms with van der Waals surface area (Å²) in [4.78, 5) is 10.3. The number of hydrogen-bond acceptors (Lipinski definition) is 3. The molecule has 0 aliphatic rings. The van der Waals surface area contributed by atoms with E-state index in [9.17, 15) is 9.90 Å². The van der Waals surface area contributed by atoms with Crippen molar-refractivity contribution in [2.24, 2.45) is 0 Å². The first kappa shape index (κ1) is 11.4. The minimum atomic E-state index is -1.01. The molecule has 0 amide bonds. The summed E-state index contributed by atoms with van der Waals surface area (Å²) in [5.74, 6) is -1.01. The smallest absolute Gasteiger partial charge is 0.332 e. The van der Waals surface area contributed by atoms with Gasteiger partial charge in [0.25, 0.3) is 0 Å². The van der Waals surface area contributed by atoms with E-state index in [1.54, 1.807) is 6.92 Å². The minimum absolute atomic E-state index is 0.0525. The van der Waals surface area contributed by atoms with Crippen LogP contribution < -0.4 is 0 Å². The van der Waals surface area contributed by atoms with E-state index in [0.717, 1.165) is 0 Å². The van der Waals surface area contributed by atoms with Crippen LogP contribution >= 0.6 is 0 Å². The molecule has 0 aromatic rings. The summed E-state index contributed by atoms with van der Waals surface area (Å²) in [7, 11) is 0. The van der Waals surface area contributed by atoms with Gasteiger partial charge in [-0.3, -0.25) is 0 Å². The van der Waals surface area contributed by atoms with Gasteiger partial charge in [-0.05, 0) is 20.3 Å². The number of rotatable bonds is 5. The van der Waals surface area contributed by atoms with Gasteiger partial charge in [0.15, 0.2) is 6.10 Å². The van der Waals surface area contributed by atoms with Gasteiger partial charge >= 0.3 is 5.97 Å². The molecule has 0 fully saturated rings. The van der Waals surface area contributed by atoms with E-state index in [1.807, 2.05) is 6.92 Å². The summed E-state index contributed by atoms with van der Waals surface area (Å²) in [5, 5.41) is 17.9. The van der Waals surface area contributed by atoms with Crippen molar-refractivity contribution >= 4 is 5.97 Å². The Morgan fingerprint density at radius 3 is 2.50 bits per heavy atom. The van der Waals surface area contributed by atoms with E-state index >= 15 is 0 Å². The Morgan fingerprint density at radius 1 is 1.67 bits per heavy atom. The average molecular weight is 176 g/mol. The number of carboxylic acids is 1. The Morgan fingerprint density at radius 2 is 2.17 bits per heavy atom. The Balaban J connectivity index is 3.75. The molecule has 0 spiro atoms. The Labute approximate surface area is 72.2 Å². The molecule has 72 valence electrons. The van der Waals surface area contributed by atoms with Crippen LogP contribution in [0.5, 0.6) is 0 Å². The summed E-state index contributed by atoms with van der Waals surface area (Å²) in [6, 6.07) is 0. The summed E-state index contributed by atoms with van der Waals surface area (Å²) >= 11 is 0. The van der Waals surface area contributed by atoms with Gasteiger partial charge < -0.3 is 14.9 Å². The molecule has 0 saturated heterocycles. The predicted molar refractivity (Wildman–Crippen MR) is 44.0 cm³/mol. The van der Waals surface area contributed by atoms with Crippen LogP contribution in [0.15, 0.2) is 0 Å². The zero-order chi connectivity index (χ0) is 9.78. The van der Waals surface area contributed by atoms with Crippen molar-refractivity contribution in [1.82, 2.24) is 0 Å². The molecule has 0 radical (unpaired) electrons. The fourth-order valence-electron chi connectivity index (χ4n) is 0.478. The second-order valence-electron chi connectivity index (χ2n) is 3.14. The maximum atomic E-state index is 10.3. The molecular weight excluding hydrogens is 160 g/mol. The van der Waals surface area contributed by atoms with Crippen LogP contribution in [0.2, 0.25) is 0 Å². The summed E-state index contributed by atoms with van der Waals surface area (Å²) < 4.78 is 4.91. The monoisotopic (exact) mass is 176 g/mol. The van der Waals surface area contributed by atoms with Crippen LogP contribution in [0.3, 0.4) is 0 Å². The molecule has 2 atom stereocenters. The van der Waals surface area contributed by atoms with Gasteiger partial charge in [0.05, 0.1) is 12.2 Å². The van der Waals surface area contributed by atoms with Crippen LogP contribution in [0, 0.1) is 0 Å². The molecule has 0 aliphatic heterocycles.